The van der Waals surface area contributed by atoms with Crippen molar-refractivity contribution >= 4 is 11.6 Å². The van der Waals surface area contributed by atoms with Crippen molar-refractivity contribution < 1.29 is 13.9 Å². The summed E-state index contributed by atoms with van der Waals surface area (Å²) in [4.78, 5) is 8.77. The number of morpholine rings is 1. The highest BCUT2D eigenvalue weighted by molar-refractivity contribution is 5.80. The summed E-state index contributed by atoms with van der Waals surface area (Å²) in [5, 5.41) is 3.40. The molecule has 0 aliphatic carbocycles. The molecule has 1 aromatic rings. The third-order valence-corrected chi connectivity index (χ3v) is 5.95. The molecule has 6 nitrogen and oxygen atoms in total. The van der Waals surface area contributed by atoms with E-state index in [0.717, 1.165) is 63.8 Å². The number of hydrogen-bond acceptors (Lipinski definition) is 4. The first-order chi connectivity index (χ1) is 13.2. The van der Waals surface area contributed by atoms with Crippen LogP contribution in [0.25, 0.3) is 0 Å². The van der Waals surface area contributed by atoms with Crippen LogP contribution in [0.3, 0.4) is 0 Å². The average molecular weight is 376 g/mol. The molecular weight excluding hydrogens is 347 g/mol. The first-order valence-corrected chi connectivity index (χ1v) is 9.84. The first-order valence-electron chi connectivity index (χ1n) is 9.84. The lowest BCUT2D eigenvalue weighted by molar-refractivity contribution is 0.122. The minimum absolute atomic E-state index is 0.172. The number of benzene rings is 1. The average Bonchev–Trinajstić information content (AvgIpc) is 3.33. The van der Waals surface area contributed by atoms with E-state index in [0.29, 0.717) is 30.9 Å². The van der Waals surface area contributed by atoms with Gasteiger partial charge in [0.1, 0.15) is 5.82 Å². The van der Waals surface area contributed by atoms with E-state index in [1.54, 1.807) is 13.1 Å². The first kappa shape index (κ1) is 18.5. The quantitative estimate of drug-likeness (QED) is 0.645. The molecule has 1 N–H and O–H groups in total. The molecule has 1 unspecified atom stereocenters. The van der Waals surface area contributed by atoms with E-state index in [1.165, 1.54) is 0 Å². The molecule has 3 heterocycles. The lowest BCUT2D eigenvalue weighted by Crippen LogP contribution is -2.41. The third kappa shape index (κ3) is 4.04. The van der Waals surface area contributed by atoms with Gasteiger partial charge < -0.3 is 24.6 Å². The number of ether oxygens (including phenoxy) is 2. The summed E-state index contributed by atoms with van der Waals surface area (Å²) < 4.78 is 25.5. The van der Waals surface area contributed by atoms with Gasteiger partial charge in [0.15, 0.2) is 5.96 Å². The zero-order valence-corrected chi connectivity index (χ0v) is 16.0. The van der Waals surface area contributed by atoms with Crippen molar-refractivity contribution in [3.8, 4) is 0 Å². The standard InChI is InChI=1S/C20H29FN4O2/c1-22-19(25-6-4-20(14-25)5-9-27-15-20)23-13-16-2-3-18(17(21)12-16)24-7-10-26-11-8-24/h2-3,12H,4-11,13-15H2,1H3,(H,22,23). The molecule has 7 heteroatoms. The van der Waals surface area contributed by atoms with Gasteiger partial charge in [-0.3, -0.25) is 4.99 Å². The van der Waals surface area contributed by atoms with Gasteiger partial charge in [-0.15, -0.1) is 0 Å². The Labute approximate surface area is 160 Å². The molecule has 1 spiro atoms. The lowest BCUT2D eigenvalue weighted by atomic mass is 9.87. The minimum Gasteiger partial charge on any atom is -0.381 e. The Kier molecular flexibility index (Phi) is 5.50. The van der Waals surface area contributed by atoms with Crippen molar-refractivity contribution in [2.75, 3.05) is 64.6 Å². The number of rotatable bonds is 3. The smallest absolute Gasteiger partial charge is 0.193 e. The number of guanidine groups is 1. The van der Waals surface area contributed by atoms with Crippen LogP contribution < -0.4 is 10.2 Å². The normalized spacial score (nSPS) is 26.2. The van der Waals surface area contributed by atoms with Crippen LogP contribution in [0.1, 0.15) is 18.4 Å². The number of halogens is 1. The summed E-state index contributed by atoms with van der Waals surface area (Å²) in [5.74, 6) is 0.714. The molecule has 0 aromatic heterocycles. The summed E-state index contributed by atoms with van der Waals surface area (Å²) in [6.07, 6.45) is 2.28. The van der Waals surface area contributed by atoms with Gasteiger partial charge >= 0.3 is 0 Å². The van der Waals surface area contributed by atoms with Gasteiger partial charge in [-0.1, -0.05) is 6.07 Å². The zero-order chi connectivity index (χ0) is 18.7. The van der Waals surface area contributed by atoms with Gasteiger partial charge in [-0.25, -0.2) is 4.39 Å². The van der Waals surface area contributed by atoms with E-state index in [2.05, 4.69) is 15.2 Å². The van der Waals surface area contributed by atoms with Crippen molar-refractivity contribution in [3.63, 3.8) is 0 Å². The molecule has 148 valence electrons. The second kappa shape index (κ2) is 8.02. The van der Waals surface area contributed by atoms with Gasteiger partial charge in [-0.2, -0.15) is 0 Å². The van der Waals surface area contributed by atoms with Crippen LogP contribution in [0.2, 0.25) is 0 Å². The summed E-state index contributed by atoms with van der Waals surface area (Å²) >= 11 is 0. The maximum atomic E-state index is 14.6. The molecule has 0 bridgehead atoms. The SMILES string of the molecule is CN=C(NCc1ccc(N2CCOCC2)c(F)c1)N1CCC2(CCOC2)C1. The third-order valence-electron chi connectivity index (χ3n) is 5.95. The highest BCUT2D eigenvalue weighted by atomic mass is 19.1. The van der Waals surface area contributed by atoms with E-state index < -0.39 is 0 Å². The van der Waals surface area contributed by atoms with E-state index in [1.807, 2.05) is 17.0 Å². The highest BCUT2D eigenvalue weighted by Crippen LogP contribution is 2.38. The molecule has 1 atom stereocenters. The Morgan fingerprint density at radius 3 is 2.74 bits per heavy atom. The van der Waals surface area contributed by atoms with Crippen molar-refractivity contribution in [3.05, 3.63) is 29.6 Å². The van der Waals surface area contributed by atoms with E-state index in [9.17, 15) is 4.39 Å². The van der Waals surface area contributed by atoms with Gasteiger partial charge in [0.05, 0.1) is 25.5 Å². The fourth-order valence-corrected chi connectivity index (χ4v) is 4.32. The monoisotopic (exact) mass is 376 g/mol. The molecule has 0 radical (unpaired) electrons. The zero-order valence-electron chi connectivity index (χ0n) is 16.0. The molecule has 27 heavy (non-hydrogen) atoms. The van der Waals surface area contributed by atoms with Gasteiger partial charge in [0.2, 0.25) is 0 Å². The van der Waals surface area contributed by atoms with Crippen LogP contribution in [-0.4, -0.2) is 70.5 Å². The number of hydrogen-bond donors (Lipinski definition) is 1. The second-order valence-electron chi connectivity index (χ2n) is 7.76. The largest absolute Gasteiger partial charge is 0.381 e. The predicted octanol–water partition coefficient (Wildman–Crippen LogP) is 1.85. The van der Waals surface area contributed by atoms with Crippen LogP contribution in [0.15, 0.2) is 23.2 Å². The summed E-state index contributed by atoms with van der Waals surface area (Å²) in [7, 11) is 1.81. The summed E-state index contributed by atoms with van der Waals surface area (Å²) in [6.45, 7) is 7.05. The van der Waals surface area contributed by atoms with Crippen molar-refractivity contribution in [2.24, 2.45) is 10.4 Å². The fraction of sp³-hybridized carbons (Fsp3) is 0.650. The van der Waals surface area contributed by atoms with Crippen LogP contribution >= 0.6 is 0 Å². The highest BCUT2D eigenvalue weighted by Gasteiger charge is 2.42. The molecule has 3 aliphatic heterocycles. The molecule has 0 saturated carbocycles. The van der Waals surface area contributed by atoms with Gasteiger partial charge in [0, 0.05) is 51.8 Å². The maximum Gasteiger partial charge on any atom is 0.193 e. The molecule has 0 amide bonds. The summed E-state index contributed by atoms with van der Waals surface area (Å²) in [6, 6.07) is 5.49. The Morgan fingerprint density at radius 1 is 1.19 bits per heavy atom. The van der Waals surface area contributed by atoms with Crippen LogP contribution in [0.5, 0.6) is 0 Å². The fourth-order valence-electron chi connectivity index (χ4n) is 4.32. The predicted molar refractivity (Wildman–Crippen MR) is 104 cm³/mol. The van der Waals surface area contributed by atoms with E-state index >= 15 is 0 Å². The lowest BCUT2D eigenvalue weighted by Gasteiger charge is -2.29. The molecule has 3 fully saturated rings. The van der Waals surface area contributed by atoms with Crippen LogP contribution in [0, 0.1) is 11.2 Å². The number of likely N-dealkylation sites (tertiary alicyclic amines) is 1. The molecule has 3 saturated heterocycles. The topological polar surface area (TPSA) is 49.3 Å². The van der Waals surface area contributed by atoms with Crippen molar-refractivity contribution in [1.29, 1.82) is 0 Å². The maximum absolute atomic E-state index is 14.6. The van der Waals surface area contributed by atoms with E-state index in [-0.39, 0.29) is 5.82 Å². The van der Waals surface area contributed by atoms with Crippen LogP contribution in [0.4, 0.5) is 10.1 Å². The molecule has 3 aliphatic rings. The van der Waals surface area contributed by atoms with Gasteiger partial charge in [-0.05, 0) is 30.5 Å². The molecule has 4 rings (SSSR count). The molecular formula is C20H29FN4O2. The number of aliphatic imine (C=N–C) groups is 1. The van der Waals surface area contributed by atoms with E-state index in [4.69, 9.17) is 9.47 Å². The van der Waals surface area contributed by atoms with Crippen molar-refractivity contribution in [1.82, 2.24) is 10.2 Å². The number of nitrogens with one attached hydrogen (secondary N) is 1. The summed E-state index contributed by atoms with van der Waals surface area (Å²) in [5.41, 5.74) is 1.88. The van der Waals surface area contributed by atoms with Gasteiger partial charge in [0.25, 0.3) is 0 Å². The van der Waals surface area contributed by atoms with Crippen LogP contribution in [-0.2, 0) is 16.0 Å². The number of anilines is 1. The Hall–Kier alpha value is -1.86. The van der Waals surface area contributed by atoms with Crippen molar-refractivity contribution in [2.45, 2.75) is 19.4 Å². The Balaban J connectivity index is 1.35. The molecule has 1 aromatic carbocycles. The number of nitrogens with zero attached hydrogens (tertiary/aromatic N) is 3. The second-order valence-corrected chi connectivity index (χ2v) is 7.76. The Bertz CT molecular complexity index is 685. The minimum atomic E-state index is -0.172. The Morgan fingerprint density at radius 2 is 2.04 bits per heavy atom.